The highest BCUT2D eigenvalue weighted by atomic mass is 79.9. The summed E-state index contributed by atoms with van der Waals surface area (Å²) in [6.45, 7) is 3.60. The van der Waals surface area contributed by atoms with Crippen LogP contribution in [-0.4, -0.2) is 21.4 Å². The molecule has 0 aliphatic rings. The monoisotopic (exact) mass is 359 g/mol. The van der Waals surface area contributed by atoms with Gasteiger partial charge in [0.15, 0.2) is 0 Å². The van der Waals surface area contributed by atoms with Crippen LogP contribution in [0, 0.1) is 25.2 Å². The second-order valence-corrected chi connectivity index (χ2v) is 5.53. The average molecular weight is 360 g/mol. The van der Waals surface area contributed by atoms with Crippen molar-refractivity contribution in [3.8, 4) is 6.07 Å². The summed E-state index contributed by atoms with van der Waals surface area (Å²) in [6.07, 6.45) is -0.115. The van der Waals surface area contributed by atoms with Crippen molar-refractivity contribution in [2.45, 2.75) is 20.3 Å². The number of hydrogen-bond donors (Lipinski definition) is 1. The smallest absolute Gasteiger partial charge is 0.253 e. The van der Waals surface area contributed by atoms with Crippen LogP contribution in [0.15, 0.2) is 39.9 Å². The van der Waals surface area contributed by atoms with Crippen molar-refractivity contribution < 1.29 is 4.79 Å². The Balaban J connectivity index is 2.11. The van der Waals surface area contributed by atoms with Gasteiger partial charge in [0, 0.05) is 10.2 Å². The van der Waals surface area contributed by atoms with Gasteiger partial charge in [-0.3, -0.25) is 10.2 Å². The van der Waals surface area contributed by atoms with Gasteiger partial charge in [0.1, 0.15) is 11.8 Å². The number of aromatic nitrogens is 2. The first-order valence-electron chi connectivity index (χ1n) is 6.55. The summed E-state index contributed by atoms with van der Waals surface area (Å²) in [5.41, 5.74) is 5.08. The highest BCUT2D eigenvalue weighted by Crippen LogP contribution is 2.21. The molecule has 7 heteroatoms. The molecule has 0 aliphatic carbocycles. The standard InChI is InChI=1S/C15H14BrN5O/c1-10-7-11(2)21(20-10)15(22)8-12(9-17)18-19-14-6-4-3-5-13(14)16/h3-7,19H,8H2,1-2H3/b18-12+. The molecule has 0 radical (unpaired) electrons. The summed E-state index contributed by atoms with van der Waals surface area (Å²) < 4.78 is 2.11. The van der Waals surface area contributed by atoms with E-state index in [0.29, 0.717) is 5.69 Å². The zero-order valence-corrected chi connectivity index (χ0v) is 13.8. The van der Waals surface area contributed by atoms with Crippen LogP contribution in [0.1, 0.15) is 22.6 Å². The molecule has 0 saturated carbocycles. The van der Waals surface area contributed by atoms with Crippen molar-refractivity contribution in [1.29, 1.82) is 5.26 Å². The van der Waals surface area contributed by atoms with E-state index in [4.69, 9.17) is 5.26 Å². The summed E-state index contributed by atoms with van der Waals surface area (Å²) in [5.74, 6) is -0.292. The summed E-state index contributed by atoms with van der Waals surface area (Å²) >= 11 is 3.37. The van der Waals surface area contributed by atoms with E-state index in [9.17, 15) is 4.79 Å². The van der Waals surface area contributed by atoms with Crippen molar-refractivity contribution in [3.05, 3.63) is 46.2 Å². The zero-order chi connectivity index (χ0) is 16.1. The molecule has 0 unspecified atom stereocenters. The van der Waals surface area contributed by atoms with E-state index in [1.165, 1.54) is 4.68 Å². The number of nitrogens with zero attached hydrogens (tertiary/aromatic N) is 4. The number of hydrogen-bond acceptors (Lipinski definition) is 5. The molecule has 6 nitrogen and oxygen atoms in total. The number of benzene rings is 1. The maximum Gasteiger partial charge on any atom is 0.253 e. The largest absolute Gasteiger partial charge is 0.276 e. The molecule has 1 aromatic heterocycles. The third kappa shape index (κ3) is 3.80. The fourth-order valence-electron chi connectivity index (χ4n) is 1.88. The van der Waals surface area contributed by atoms with Gasteiger partial charge in [0.2, 0.25) is 0 Å². The highest BCUT2D eigenvalue weighted by molar-refractivity contribution is 9.10. The van der Waals surface area contributed by atoms with Gasteiger partial charge in [-0.05, 0) is 48.0 Å². The molecule has 2 rings (SSSR count). The Hall–Kier alpha value is -2.46. The van der Waals surface area contributed by atoms with Crippen LogP contribution in [0.25, 0.3) is 0 Å². The Morgan fingerprint density at radius 1 is 1.45 bits per heavy atom. The van der Waals surface area contributed by atoms with E-state index in [-0.39, 0.29) is 18.0 Å². The molecule has 22 heavy (non-hydrogen) atoms. The van der Waals surface area contributed by atoms with E-state index in [0.717, 1.165) is 15.9 Å². The Kier molecular flexibility index (Phi) is 5.07. The Morgan fingerprint density at radius 3 is 2.77 bits per heavy atom. The molecule has 0 saturated heterocycles. The number of halogens is 1. The first-order valence-corrected chi connectivity index (χ1v) is 7.34. The molecule has 112 valence electrons. The second-order valence-electron chi connectivity index (χ2n) is 4.67. The van der Waals surface area contributed by atoms with Crippen LogP contribution >= 0.6 is 15.9 Å². The van der Waals surface area contributed by atoms with Crippen molar-refractivity contribution >= 4 is 33.2 Å². The quantitative estimate of drug-likeness (QED) is 0.670. The molecule has 1 heterocycles. The molecule has 1 aromatic carbocycles. The van der Waals surface area contributed by atoms with Crippen LogP contribution in [0.2, 0.25) is 0 Å². The predicted molar refractivity (Wildman–Crippen MR) is 87.8 cm³/mol. The van der Waals surface area contributed by atoms with E-state index in [2.05, 4.69) is 31.6 Å². The fraction of sp³-hybridized carbons (Fsp3) is 0.200. The summed E-state index contributed by atoms with van der Waals surface area (Å²) in [5, 5.41) is 17.2. The van der Waals surface area contributed by atoms with Gasteiger partial charge in [0.25, 0.3) is 5.91 Å². The van der Waals surface area contributed by atoms with Gasteiger partial charge in [-0.25, -0.2) is 4.68 Å². The van der Waals surface area contributed by atoms with E-state index in [1.807, 2.05) is 37.3 Å². The SMILES string of the molecule is Cc1cc(C)n(C(=O)C/C(C#N)=N\Nc2ccccc2Br)n1. The molecule has 0 spiro atoms. The normalized spacial score (nSPS) is 11.1. The Bertz CT molecular complexity index is 772. The summed E-state index contributed by atoms with van der Waals surface area (Å²) in [7, 11) is 0. The minimum absolute atomic E-state index is 0.0910. The minimum Gasteiger partial charge on any atom is -0.276 e. The van der Waals surface area contributed by atoms with Crippen LogP contribution in [0.3, 0.4) is 0 Å². The molecule has 0 bridgehead atoms. The number of hydrazone groups is 1. The lowest BCUT2D eigenvalue weighted by Crippen LogP contribution is -2.18. The molecule has 0 fully saturated rings. The van der Waals surface area contributed by atoms with Gasteiger partial charge >= 0.3 is 0 Å². The first kappa shape index (κ1) is 15.9. The van der Waals surface area contributed by atoms with Gasteiger partial charge in [0.05, 0.1) is 17.8 Å². The lowest BCUT2D eigenvalue weighted by molar-refractivity contribution is 0.0904. The average Bonchev–Trinajstić information content (AvgIpc) is 2.83. The van der Waals surface area contributed by atoms with E-state index < -0.39 is 0 Å². The lowest BCUT2D eigenvalue weighted by Gasteiger charge is -2.04. The molecular weight excluding hydrogens is 346 g/mol. The van der Waals surface area contributed by atoms with Gasteiger partial charge in [-0.1, -0.05) is 12.1 Å². The lowest BCUT2D eigenvalue weighted by atomic mass is 10.3. The van der Waals surface area contributed by atoms with Crippen LogP contribution in [0.5, 0.6) is 0 Å². The number of para-hydroxylation sites is 1. The van der Waals surface area contributed by atoms with Crippen LogP contribution in [0.4, 0.5) is 5.69 Å². The van der Waals surface area contributed by atoms with Crippen molar-refractivity contribution in [1.82, 2.24) is 9.78 Å². The molecule has 0 amide bonds. The number of anilines is 1. The molecular formula is C15H14BrN5O. The third-order valence-electron chi connectivity index (χ3n) is 2.88. The molecule has 0 aliphatic heterocycles. The highest BCUT2D eigenvalue weighted by Gasteiger charge is 2.13. The first-order chi connectivity index (χ1) is 10.5. The molecule has 1 N–H and O–H groups in total. The number of carbonyl (C=O) groups excluding carboxylic acids is 1. The van der Waals surface area contributed by atoms with Gasteiger partial charge in [-0.15, -0.1) is 0 Å². The number of rotatable bonds is 4. The number of nitrogens with one attached hydrogen (secondary N) is 1. The maximum atomic E-state index is 12.2. The van der Waals surface area contributed by atoms with Crippen molar-refractivity contribution in [3.63, 3.8) is 0 Å². The predicted octanol–water partition coefficient (Wildman–Crippen LogP) is 3.28. The molecule has 0 atom stereocenters. The summed E-state index contributed by atoms with van der Waals surface area (Å²) in [6, 6.07) is 11.1. The van der Waals surface area contributed by atoms with Gasteiger partial charge < -0.3 is 0 Å². The van der Waals surface area contributed by atoms with E-state index in [1.54, 1.807) is 13.0 Å². The van der Waals surface area contributed by atoms with Gasteiger partial charge in [-0.2, -0.15) is 15.5 Å². The number of aryl methyl sites for hydroxylation is 2. The fourth-order valence-corrected chi connectivity index (χ4v) is 2.26. The minimum atomic E-state index is -0.292. The third-order valence-corrected chi connectivity index (χ3v) is 3.57. The Labute approximate surface area is 136 Å². The Morgan fingerprint density at radius 2 is 2.18 bits per heavy atom. The van der Waals surface area contributed by atoms with Crippen molar-refractivity contribution in [2.75, 3.05) is 5.43 Å². The van der Waals surface area contributed by atoms with Crippen LogP contribution < -0.4 is 5.43 Å². The molecule has 2 aromatic rings. The second kappa shape index (κ2) is 7.00. The van der Waals surface area contributed by atoms with Crippen molar-refractivity contribution in [2.24, 2.45) is 5.10 Å². The maximum absolute atomic E-state index is 12.2. The number of nitriles is 1. The topological polar surface area (TPSA) is 83.1 Å². The van der Waals surface area contributed by atoms with E-state index >= 15 is 0 Å². The van der Waals surface area contributed by atoms with Crippen LogP contribution in [-0.2, 0) is 0 Å². The number of carbonyl (C=O) groups is 1. The summed E-state index contributed by atoms with van der Waals surface area (Å²) in [4.78, 5) is 12.2. The zero-order valence-electron chi connectivity index (χ0n) is 12.2.